The van der Waals surface area contributed by atoms with Crippen LogP contribution in [0.5, 0.6) is 0 Å². The molecule has 4 aromatic rings. The van der Waals surface area contributed by atoms with Crippen LogP contribution in [0.15, 0.2) is 42.7 Å². The fourth-order valence-electron chi connectivity index (χ4n) is 3.66. The highest BCUT2D eigenvalue weighted by Crippen LogP contribution is 2.33. The van der Waals surface area contributed by atoms with Gasteiger partial charge in [0.1, 0.15) is 11.0 Å². The largest absolute Gasteiger partial charge is 0.417 e. The van der Waals surface area contributed by atoms with Gasteiger partial charge in [-0.05, 0) is 12.1 Å². The summed E-state index contributed by atoms with van der Waals surface area (Å²) in [4.78, 5) is 28.2. The van der Waals surface area contributed by atoms with E-state index in [0.717, 1.165) is 12.1 Å². The smallest absolute Gasteiger partial charge is 0.389 e. The number of fused-ring (bicyclic) bond motifs is 1. The van der Waals surface area contributed by atoms with E-state index in [1.807, 2.05) is 0 Å². The molecule has 32 heavy (non-hydrogen) atoms. The summed E-state index contributed by atoms with van der Waals surface area (Å²) in [6.07, 6.45) is -2.53. The van der Waals surface area contributed by atoms with E-state index >= 15 is 0 Å². The highest BCUT2D eigenvalue weighted by atomic mass is 19.4. The predicted octanol–water partition coefficient (Wildman–Crippen LogP) is 3.52. The second-order valence-electron chi connectivity index (χ2n) is 7.47. The standard InChI is InChI=1S/C21H15F4N5O2/c22-16-17-15(7-27-20(16)30-8-11(31)9-30)28-19(29-17)14-5-10(6-26-14)18(32)12-3-1-2-4-13(12)21(23,24)25/h1-7,11,26,31H,8-9H2,(H,28,29). The molecule has 1 aliphatic rings. The Kier molecular flexibility index (Phi) is 4.52. The molecule has 4 heterocycles. The number of pyridine rings is 1. The third-order valence-electron chi connectivity index (χ3n) is 5.30. The minimum Gasteiger partial charge on any atom is -0.389 e. The van der Waals surface area contributed by atoms with Crippen LogP contribution in [0.2, 0.25) is 0 Å². The lowest BCUT2D eigenvalue weighted by Crippen LogP contribution is -2.51. The van der Waals surface area contributed by atoms with Crippen LogP contribution >= 0.6 is 0 Å². The van der Waals surface area contributed by atoms with Crippen molar-refractivity contribution in [3.8, 4) is 11.5 Å². The topological polar surface area (TPSA) is 97.9 Å². The van der Waals surface area contributed by atoms with E-state index in [1.54, 1.807) is 4.90 Å². The Hall–Kier alpha value is -3.73. The first-order valence-electron chi connectivity index (χ1n) is 9.59. The zero-order valence-electron chi connectivity index (χ0n) is 16.2. The van der Waals surface area contributed by atoms with Crippen molar-refractivity contribution in [3.05, 3.63) is 65.2 Å². The summed E-state index contributed by atoms with van der Waals surface area (Å²) in [5.41, 5.74) is -0.844. The second-order valence-corrected chi connectivity index (χ2v) is 7.47. The monoisotopic (exact) mass is 445 g/mol. The minimum atomic E-state index is -4.67. The normalized spacial score (nSPS) is 14.7. The summed E-state index contributed by atoms with van der Waals surface area (Å²) in [6.45, 7) is 0.551. The van der Waals surface area contributed by atoms with Crippen molar-refractivity contribution in [1.82, 2.24) is 19.9 Å². The molecule has 3 N–H and O–H groups in total. The van der Waals surface area contributed by atoms with Crippen molar-refractivity contribution in [3.63, 3.8) is 0 Å². The van der Waals surface area contributed by atoms with Gasteiger partial charge < -0.3 is 20.0 Å². The average Bonchev–Trinajstić information content (AvgIpc) is 3.38. The number of aliphatic hydroxyl groups excluding tert-OH is 1. The van der Waals surface area contributed by atoms with Crippen molar-refractivity contribution in [2.45, 2.75) is 12.3 Å². The number of alkyl halides is 3. The number of anilines is 1. The molecule has 3 aromatic heterocycles. The molecule has 0 aliphatic carbocycles. The maximum Gasteiger partial charge on any atom is 0.417 e. The number of H-pyrrole nitrogens is 2. The van der Waals surface area contributed by atoms with E-state index in [2.05, 4.69) is 19.9 Å². The SMILES string of the molecule is O=C(c1c[nH]c(-c2nc3cnc(N4CC(O)C4)c(F)c3[nH]2)c1)c1ccccc1C(F)(F)F. The van der Waals surface area contributed by atoms with Gasteiger partial charge in [0.2, 0.25) is 0 Å². The number of carbonyl (C=O) groups excluding carboxylic acids is 1. The fraction of sp³-hybridized carbons (Fsp3) is 0.190. The molecular weight excluding hydrogens is 430 g/mol. The Morgan fingerprint density at radius 2 is 1.97 bits per heavy atom. The highest BCUT2D eigenvalue weighted by Gasteiger charge is 2.35. The highest BCUT2D eigenvalue weighted by molar-refractivity contribution is 6.10. The molecule has 7 nitrogen and oxygen atoms in total. The molecule has 0 saturated carbocycles. The Bertz CT molecular complexity index is 1340. The molecule has 11 heteroatoms. The van der Waals surface area contributed by atoms with Gasteiger partial charge in [0, 0.05) is 30.4 Å². The van der Waals surface area contributed by atoms with Crippen molar-refractivity contribution >= 4 is 22.6 Å². The Labute approximate surface area is 177 Å². The van der Waals surface area contributed by atoms with Crippen LogP contribution < -0.4 is 4.90 Å². The summed E-state index contributed by atoms with van der Waals surface area (Å²) < 4.78 is 54.7. The van der Waals surface area contributed by atoms with Crippen LogP contribution in [0.25, 0.3) is 22.6 Å². The van der Waals surface area contributed by atoms with E-state index in [4.69, 9.17) is 0 Å². The number of imidazole rings is 1. The summed E-state index contributed by atoms with van der Waals surface area (Å²) in [7, 11) is 0. The molecule has 0 radical (unpaired) electrons. The number of aliphatic hydroxyl groups is 1. The van der Waals surface area contributed by atoms with E-state index in [0.29, 0.717) is 5.69 Å². The van der Waals surface area contributed by atoms with Crippen LogP contribution in [0.1, 0.15) is 21.5 Å². The van der Waals surface area contributed by atoms with Gasteiger partial charge >= 0.3 is 6.18 Å². The summed E-state index contributed by atoms with van der Waals surface area (Å²) in [6, 6.07) is 5.90. The lowest BCUT2D eigenvalue weighted by atomic mass is 9.99. The molecule has 0 amide bonds. The van der Waals surface area contributed by atoms with Crippen LogP contribution in [-0.2, 0) is 6.18 Å². The van der Waals surface area contributed by atoms with Gasteiger partial charge in [-0.25, -0.2) is 14.4 Å². The lowest BCUT2D eigenvalue weighted by molar-refractivity contribution is -0.137. The van der Waals surface area contributed by atoms with Gasteiger partial charge in [0.05, 0.1) is 23.6 Å². The van der Waals surface area contributed by atoms with Crippen LogP contribution in [-0.4, -0.2) is 50.0 Å². The molecule has 0 spiro atoms. The molecule has 164 valence electrons. The molecule has 0 bridgehead atoms. The number of ketones is 1. The molecule has 1 saturated heterocycles. The van der Waals surface area contributed by atoms with E-state index < -0.39 is 35.0 Å². The average molecular weight is 445 g/mol. The first kappa shape index (κ1) is 20.2. The maximum atomic E-state index is 14.9. The lowest BCUT2D eigenvalue weighted by Gasteiger charge is -2.36. The Morgan fingerprint density at radius 1 is 1.22 bits per heavy atom. The van der Waals surface area contributed by atoms with Gasteiger partial charge in [-0.3, -0.25) is 4.79 Å². The van der Waals surface area contributed by atoms with Crippen molar-refractivity contribution in [1.29, 1.82) is 0 Å². The number of nitrogens with one attached hydrogen (secondary N) is 2. The van der Waals surface area contributed by atoms with Gasteiger partial charge in [-0.2, -0.15) is 13.2 Å². The second kappa shape index (κ2) is 7.16. The number of β-amino-alcohol motifs (C(OH)–C–C–N with tert-alkyl or cyclic N) is 1. The van der Waals surface area contributed by atoms with E-state index in [-0.39, 0.29) is 41.3 Å². The number of halogens is 4. The number of carbonyl (C=O) groups is 1. The zero-order valence-corrected chi connectivity index (χ0v) is 16.2. The van der Waals surface area contributed by atoms with Crippen molar-refractivity contribution < 1.29 is 27.5 Å². The summed E-state index contributed by atoms with van der Waals surface area (Å²) >= 11 is 0. The number of aromatic nitrogens is 4. The van der Waals surface area contributed by atoms with Gasteiger partial charge in [0.15, 0.2) is 23.2 Å². The quantitative estimate of drug-likeness (QED) is 0.330. The predicted molar refractivity (Wildman–Crippen MR) is 107 cm³/mol. The summed E-state index contributed by atoms with van der Waals surface area (Å²) in [5, 5.41) is 9.42. The molecule has 0 unspecified atom stereocenters. The van der Waals surface area contributed by atoms with Crippen LogP contribution in [0, 0.1) is 5.82 Å². The molecule has 1 fully saturated rings. The number of benzene rings is 1. The van der Waals surface area contributed by atoms with Crippen molar-refractivity contribution in [2.75, 3.05) is 18.0 Å². The summed E-state index contributed by atoms with van der Waals surface area (Å²) in [5.74, 6) is -1.15. The molecular formula is C21H15F4N5O2. The Morgan fingerprint density at radius 3 is 2.69 bits per heavy atom. The van der Waals surface area contributed by atoms with Crippen LogP contribution in [0.4, 0.5) is 23.4 Å². The number of nitrogens with zero attached hydrogens (tertiary/aromatic N) is 3. The number of aromatic amines is 2. The van der Waals surface area contributed by atoms with Crippen molar-refractivity contribution in [2.24, 2.45) is 0 Å². The van der Waals surface area contributed by atoms with E-state index in [1.165, 1.54) is 30.6 Å². The molecule has 1 aromatic carbocycles. The first-order chi connectivity index (χ1) is 15.2. The molecule has 5 rings (SSSR count). The number of hydrogen-bond donors (Lipinski definition) is 3. The third kappa shape index (κ3) is 3.30. The molecule has 0 atom stereocenters. The Balaban J connectivity index is 1.48. The molecule has 1 aliphatic heterocycles. The number of rotatable bonds is 4. The van der Waals surface area contributed by atoms with Gasteiger partial charge in [-0.15, -0.1) is 0 Å². The van der Waals surface area contributed by atoms with Gasteiger partial charge in [-0.1, -0.05) is 18.2 Å². The van der Waals surface area contributed by atoms with Crippen LogP contribution in [0.3, 0.4) is 0 Å². The minimum absolute atomic E-state index is 0.00556. The fourth-order valence-corrected chi connectivity index (χ4v) is 3.66. The zero-order chi connectivity index (χ0) is 22.6. The van der Waals surface area contributed by atoms with Gasteiger partial charge in [0.25, 0.3) is 0 Å². The third-order valence-corrected chi connectivity index (χ3v) is 5.30. The first-order valence-corrected chi connectivity index (χ1v) is 9.59. The number of hydrogen-bond acceptors (Lipinski definition) is 5. The van der Waals surface area contributed by atoms with E-state index in [9.17, 15) is 27.5 Å². The maximum absolute atomic E-state index is 14.9.